The molecule has 1 aliphatic rings. The van der Waals surface area contributed by atoms with E-state index in [4.69, 9.17) is 9.51 Å². The summed E-state index contributed by atoms with van der Waals surface area (Å²) in [7, 11) is 0. The Morgan fingerprint density at radius 2 is 1.96 bits per heavy atom. The number of nitrogens with zero attached hydrogens (tertiary/aromatic N) is 4. The maximum atomic E-state index is 9.59. The average molecular weight is 391 g/mol. The fourth-order valence-corrected chi connectivity index (χ4v) is 4.45. The lowest BCUT2D eigenvalue weighted by Crippen LogP contribution is -2.00. The molecule has 1 aliphatic carbocycles. The van der Waals surface area contributed by atoms with Crippen LogP contribution in [0.3, 0.4) is 0 Å². The molecule has 3 aromatic rings. The Bertz CT molecular complexity index is 1050. The van der Waals surface area contributed by atoms with Gasteiger partial charge in [-0.15, -0.1) is 0 Å². The fraction of sp³-hybridized carbons (Fsp3) is 0.364. The van der Waals surface area contributed by atoms with Gasteiger partial charge in [0.05, 0.1) is 11.3 Å². The fourth-order valence-electron chi connectivity index (χ4n) is 3.56. The summed E-state index contributed by atoms with van der Waals surface area (Å²) < 4.78 is 5.42. The van der Waals surface area contributed by atoms with Crippen LogP contribution in [0, 0.1) is 18.3 Å². The van der Waals surface area contributed by atoms with Gasteiger partial charge in [-0.3, -0.25) is 0 Å². The van der Waals surface area contributed by atoms with Gasteiger partial charge in [0.25, 0.3) is 0 Å². The van der Waals surface area contributed by atoms with Gasteiger partial charge in [-0.05, 0) is 48.8 Å². The van der Waals surface area contributed by atoms with E-state index in [0.29, 0.717) is 28.9 Å². The zero-order chi connectivity index (χ0) is 19.7. The Morgan fingerprint density at radius 1 is 1.18 bits per heavy atom. The lowest BCUT2D eigenvalue weighted by atomic mass is 10.0. The number of fused-ring (bicyclic) bond motifs is 1. The van der Waals surface area contributed by atoms with Crippen molar-refractivity contribution in [1.82, 2.24) is 15.1 Å². The lowest BCUT2D eigenvalue weighted by Gasteiger charge is -2.09. The highest BCUT2D eigenvalue weighted by molar-refractivity contribution is 7.98. The van der Waals surface area contributed by atoms with E-state index in [-0.39, 0.29) is 0 Å². The zero-order valence-corrected chi connectivity index (χ0v) is 17.1. The van der Waals surface area contributed by atoms with Gasteiger partial charge in [0.2, 0.25) is 11.7 Å². The molecule has 142 valence electrons. The quantitative estimate of drug-likeness (QED) is 0.556. The number of nitriles is 1. The summed E-state index contributed by atoms with van der Waals surface area (Å²) in [4.78, 5) is 9.25. The van der Waals surface area contributed by atoms with E-state index in [2.05, 4.69) is 42.2 Å². The number of pyridine rings is 1. The Balaban J connectivity index is 1.51. The highest BCUT2D eigenvalue weighted by Crippen LogP contribution is 2.33. The summed E-state index contributed by atoms with van der Waals surface area (Å²) in [5, 5.41) is 14.5. The van der Waals surface area contributed by atoms with Crippen molar-refractivity contribution in [2.24, 2.45) is 0 Å². The number of hydrogen-bond donors (Lipinski definition) is 0. The summed E-state index contributed by atoms with van der Waals surface area (Å²) in [5.74, 6) is 2.11. The molecular weight excluding hydrogens is 368 g/mol. The van der Waals surface area contributed by atoms with Gasteiger partial charge in [-0.2, -0.15) is 10.2 Å². The molecule has 2 aromatic heterocycles. The molecule has 6 heteroatoms. The first kappa shape index (κ1) is 18.7. The van der Waals surface area contributed by atoms with Crippen molar-refractivity contribution < 1.29 is 4.52 Å². The molecule has 0 saturated carbocycles. The molecule has 0 unspecified atom stereocenters. The van der Waals surface area contributed by atoms with Crippen LogP contribution in [0.4, 0.5) is 0 Å². The molecule has 0 fully saturated rings. The standard InChI is InChI=1S/C22H22N4OS/c1-13(2)15-7-9-16(10-8-15)21-25-20(27-26-21)12-28-22-18(11-23)14(3)17-5-4-6-19(17)24-22/h7-10,13H,4-6,12H2,1-3H3. The van der Waals surface area contributed by atoms with Crippen LogP contribution in [-0.2, 0) is 18.6 Å². The second kappa shape index (κ2) is 7.76. The molecule has 5 nitrogen and oxygen atoms in total. The molecule has 28 heavy (non-hydrogen) atoms. The first-order valence-corrected chi connectivity index (χ1v) is 10.5. The number of aromatic nitrogens is 3. The molecule has 0 radical (unpaired) electrons. The minimum atomic E-state index is 0.490. The molecule has 4 rings (SSSR count). The van der Waals surface area contributed by atoms with E-state index in [9.17, 15) is 5.26 Å². The summed E-state index contributed by atoms with van der Waals surface area (Å²) in [5.41, 5.74) is 6.36. The molecule has 1 aromatic carbocycles. The largest absolute Gasteiger partial charge is 0.338 e. The van der Waals surface area contributed by atoms with Gasteiger partial charge in [0.1, 0.15) is 11.1 Å². The van der Waals surface area contributed by atoms with E-state index >= 15 is 0 Å². The van der Waals surface area contributed by atoms with E-state index in [1.54, 1.807) is 0 Å². The van der Waals surface area contributed by atoms with E-state index in [0.717, 1.165) is 41.1 Å². The third-order valence-electron chi connectivity index (χ3n) is 5.21. The topological polar surface area (TPSA) is 75.6 Å². The third kappa shape index (κ3) is 3.55. The van der Waals surface area contributed by atoms with Gasteiger partial charge in [-0.1, -0.05) is 55.0 Å². The van der Waals surface area contributed by atoms with Crippen molar-refractivity contribution in [2.75, 3.05) is 0 Å². The monoisotopic (exact) mass is 390 g/mol. The van der Waals surface area contributed by atoms with Crippen LogP contribution in [-0.4, -0.2) is 15.1 Å². The molecule has 0 amide bonds. The number of hydrogen-bond acceptors (Lipinski definition) is 6. The number of rotatable bonds is 5. The first-order chi connectivity index (χ1) is 13.6. The Labute approximate surface area is 169 Å². The first-order valence-electron chi connectivity index (χ1n) is 9.55. The lowest BCUT2D eigenvalue weighted by molar-refractivity contribution is 0.391. The van der Waals surface area contributed by atoms with E-state index in [1.165, 1.54) is 22.9 Å². The smallest absolute Gasteiger partial charge is 0.237 e. The molecule has 0 saturated heterocycles. The van der Waals surface area contributed by atoms with Crippen LogP contribution in [0.1, 0.15) is 60.0 Å². The normalized spacial score (nSPS) is 13.0. The average Bonchev–Trinajstić information content (AvgIpc) is 3.36. The van der Waals surface area contributed by atoms with Crippen molar-refractivity contribution in [3.63, 3.8) is 0 Å². The molecule has 0 aliphatic heterocycles. The van der Waals surface area contributed by atoms with Crippen molar-refractivity contribution in [1.29, 1.82) is 5.26 Å². The van der Waals surface area contributed by atoms with Crippen molar-refractivity contribution >= 4 is 11.8 Å². The highest BCUT2D eigenvalue weighted by atomic mass is 32.2. The number of benzene rings is 1. The van der Waals surface area contributed by atoms with Crippen molar-refractivity contribution in [3.05, 3.63) is 58.1 Å². The molecular formula is C22H22N4OS. The molecule has 0 bridgehead atoms. The van der Waals surface area contributed by atoms with Gasteiger partial charge >= 0.3 is 0 Å². The number of thioether (sulfide) groups is 1. The van der Waals surface area contributed by atoms with E-state index < -0.39 is 0 Å². The second-order valence-electron chi connectivity index (χ2n) is 7.38. The summed E-state index contributed by atoms with van der Waals surface area (Å²) in [6.45, 7) is 6.37. The van der Waals surface area contributed by atoms with Crippen LogP contribution in [0.5, 0.6) is 0 Å². The summed E-state index contributed by atoms with van der Waals surface area (Å²) in [6.07, 6.45) is 3.13. The molecule has 2 heterocycles. The van der Waals surface area contributed by atoms with Crippen LogP contribution in [0.2, 0.25) is 0 Å². The Hall–Kier alpha value is -2.65. The van der Waals surface area contributed by atoms with Crippen LogP contribution < -0.4 is 0 Å². The van der Waals surface area contributed by atoms with Crippen LogP contribution >= 0.6 is 11.8 Å². The number of aryl methyl sites for hydroxylation is 1. The van der Waals surface area contributed by atoms with Gasteiger partial charge in [0.15, 0.2) is 0 Å². The van der Waals surface area contributed by atoms with Gasteiger partial charge in [-0.25, -0.2) is 4.98 Å². The SMILES string of the molecule is Cc1c(C#N)c(SCc2nc(-c3ccc(C(C)C)cc3)no2)nc2c1CCC2. The predicted molar refractivity (Wildman–Crippen MR) is 109 cm³/mol. The summed E-state index contributed by atoms with van der Waals surface area (Å²) in [6, 6.07) is 10.6. The van der Waals surface area contributed by atoms with Crippen molar-refractivity contribution in [2.45, 2.75) is 56.7 Å². The predicted octanol–water partition coefficient (Wildman–Crippen LogP) is 5.22. The van der Waals surface area contributed by atoms with Crippen LogP contribution in [0.25, 0.3) is 11.4 Å². The van der Waals surface area contributed by atoms with E-state index in [1.807, 2.05) is 19.1 Å². The molecule has 0 spiro atoms. The third-order valence-corrected chi connectivity index (χ3v) is 6.17. The Morgan fingerprint density at radius 3 is 2.68 bits per heavy atom. The molecule has 0 atom stereocenters. The maximum absolute atomic E-state index is 9.59. The second-order valence-corrected chi connectivity index (χ2v) is 8.35. The zero-order valence-electron chi connectivity index (χ0n) is 16.3. The van der Waals surface area contributed by atoms with Gasteiger partial charge in [0, 0.05) is 11.3 Å². The van der Waals surface area contributed by atoms with Crippen molar-refractivity contribution in [3.8, 4) is 17.5 Å². The van der Waals surface area contributed by atoms with Gasteiger partial charge < -0.3 is 4.52 Å². The minimum Gasteiger partial charge on any atom is -0.338 e. The van der Waals surface area contributed by atoms with Crippen LogP contribution in [0.15, 0.2) is 33.8 Å². The maximum Gasteiger partial charge on any atom is 0.237 e. The highest BCUT2D eigenvalue weighted by Gasteiger charge is 2.21. The Kier molecular flexibility index (Phi) is 5.19. The summed E-state index contributed by atoms with van der Waals surface area (Å²) >= 11 is 1.49. The minimum absolute atomic E-state index is 0.490. The molecule has 0 N–H and O–H groups in total.